The molecule has 0 radical (unpaired) electrons. The van der Waals surface area contributed by atoms with Crippen molar-refractivity contribution in [2.24, 2.45) is 0 Å². The number of hydrogen-bond acceptors (Lipinski definition) is 2. The number of benzene rings is 1. The van der Waals surface area contributed by atoms with E-state index in [0.29, 0.717) is 17.5 Å². The zero-order chi connectivity index (χ0) is 11.4. The molecule has 0 saturated carbocycles. The molecule has 0 saturated heterocycles. The van der Waals surface area contributed by atoms with E-state index in [-0.39, 0.29) is 0 Å². The van der Waals surface area contributed by atoms with E-state index in [1.807, 2.05) is 0 Å². The van der Waals surface area contributed by atoms with E-state index < -0.39 is 0 Å². The second kappa shape index (κ2) is 5.53. The number of carbonyl (C=O) groups is 1. The molecule has 0 bridgehead atoms. The standard InChI is InChI=1S/C14H18OS/c1-2-7-16-10-13(15)9-12-8-11-5-3-4-6-14(11)12/h3-6,12H,2,7-10H2,1H3. The third-order valence-corrected chi connectivity index (χ3v) is 4.27. The second-order valence-corrected chi connectivity index (χ2v) is 5.50. The molecular weight excluding hydrogens is 216 g/mol. The van der Waals surface area contributed by atoms with Crippen molar-refractivity contribution in [2.75, 3.05) is 11.5 Å². The normalized spacial score (nSPS) is 17.7. The Labute approximate surface area is 102 Å². The summed E-state index contributed by atoms with van der Waals surface area (Å²) in [7, 11) is 0. The van der Waals surface area contributed by atoms with Crippen LogP contribution in [-0.2, 0) is 11.2 Å². The molecule has 0 amide bonds. The highest BCUT2D eigenvalue weighted by molar-refractivity contribution is 7.99. The van der Waals surface area contributed by atoms with Crippen LogP contribution in [0, 0.1) is 0 Å². The Balaban J connectivity index is 1.78. The summed E-state index contributed by atoms with van der Waals surface area (Å²) in [4.78, 5) is 11.7. The Bertz CT molecular complexity index is 373. The molecule has 86 valence electrons. The summed E-state index contributed by atoms with van der Waals surface area (Å²) in [5.41, 5.74) is 2.83. The maximum atomic E-state index is 11.7. The van der Waals surface area contributed by atoms with Crippen LogP contribution in [0.3, 0.4) is 0 Å². The third-order valence-electron chi connectivity index (χ3n) is 3.05. The van der Waals surface area contributed by atoms with Crippen molar-refractivity contribution in [1.82, 2.24) is 0 Å². The Morgan fingerprint density at radius 2 is 2.25 bits per heavy atom. The van der Waals surface area contributed by atoms with Gasteiger partial charge in [-0.15, -0.1) is 0 Å². The van der Waals surface area contributed by atoms with Gasteiger partial charge in [-0.25, -0.2) is 0 Å². The topological polar surface area (TPSA) is 17.1 Å². The highest BCUT2D eigenvalue weighted by atomic mass is 32.2. The summed E-state index contributed by atoms with van der Waals surface area (Å²) < 4.78 is 0. The zero-order valence-corrected chi connectivity index (χ0v) is 10.6. The quantitative estimate of drug-likeness (QED) is 0.701. The minimum atomic E-state index is 0.415. The zero-order valence-electron chi connectivity index (χ0n) is 9.74. The van der Waals surface area contributed by atoms with Crippen LogP contribution in [-0.4, -0.2) is 17.3 Å². The summed E-state index contributed by atoms with van der Waals surface area (Å²) in [5.74, 6) is 2.73. The first kappa shape index (κ1) is 11.7. The molecule has 1 nitrogen and oxygen atoms in total. The minimum Gasteiger partial charge on any atom is -0.299 e. The van der Waals surface area contributed by atoms with E-state index in [4.69, 9.17) is 0 Å². The van der Waals surface area contributed by atoms with Crippen molar-refractivity contribution in [2.45, 2.75) is 32.1 Å². The largest absolute Gasteiger partial charge is 0.299 e. The molecule has 2 heteroatoms. The molecule has 0 heterocycles. The maximum absolute atomic E-state index is 11.7. The third kappa shape index (κ3) is 2.67. The lowest BCUT2D eigenvalue weighted by Crippen LogP contribution is -2.20. The van der Waals surface area contributed by atoms with Crippen molar-refractivity contribution >= 4 is 17.5 Å². The van der Waals surface area contributed by atoms with Crippen molar-refractivity contribution in [3.63, 3.8) is 0 Å². The summed E-state index contributed by atoms with van der Waals surface area (Å²) in [6.45, 7) is 2.15. The summed E-state index contributed by atoms with van der Waals surface area (Å²) in [6, 6.07) is 8.48. The molecule has 1 aliphatic carbocycles. The molecular formula is C14H18OS. The number of Topliss-reactive ketones (excluding diaryl/α,β-unsaturated/α-hetero) is 1. The molecule has 0 N–H and O–H groups in total. The van der Waals surface area contributed by atoms with E-state index in [1.54, 1.807) is 11.8 Å². The molecule has 0 spiro atoms. The van der Waals surface area contributed by atoms with Crippen LogP contribution in [0.2, 0.25) is 0 Å². The lowest BCUT2D eigenvalue weighted by Gasteiger charge is -2.29. The summed E-state index contributed by atoms with van der Waals surface area (Å²) >= 11 is 1.77. The van der Waals surface area contributed by atoms with Gasteiger partial charge in [0.25, 0.3) is 0 Å². The highest BCUT2D eigenvalue weighted by Crippen LogP contribution is 2.37. The van der Waals surface area contributed by atoms with Crippen LogP contribution in [0.5, 0.6) is 0 Å². The highest BCUT2D eigenvalue weighted by Gasteiger charge is 2.26. The Kier molecular flexibility index (Phi) is 4.05. The van der Waals surface area contributed by atoms with Crippen LogP contribution in [0.25, 0.3) is 0 Å². The molecule has 1 unspecified atom stereocenters. The van der Waals surface area contributed by atoms with E-state index in [0.717, 1.165) is 25.0 Å². The van der Waals surface area contributed by atoms with E-state index in [9.17, 15) is 4.79 Å². The number of carbonyl (C=O) groups excluding carboxylic acids is 1. The first-order valence-corrected chi connectivity index (χ1v) is 7.14. The van der Waals surface area contributed by atoms with Crippen molar-refractivity contribution < 1.29 is 4.79 Å². The van der Waals surface area contributed by atoms with Crippen molar-refractivity contribution in [3.8, 4) is 0 Å². The average molecular weight is 234 g/mol. The SMILES string of the molecule is CCCSCC(=O)CC1Cc2ccccc21. The van der Waals surface area contributed by atoms with Crippen LogP contribution in [0.15, 0.2) is 24.3 Å². The molecule has 1 atom stereocenters. The number of ketones is 1. The van der Waals surface area contributed by atoms with Gasteiger partial charge in [0, 0.05) is 6.42 Å². The Morgan fingerprint density at radius 3 is 3.00 bits per heavy atom. The first-order chi connectivity index (χ1) is 7.81. The molecule has 0 fully saturated rings. The number of fused-ring (bicyclic) bond motifs is 1. The molecule has 0 aromatic heterocycles. The van der Waals surface area contributed by atoms with Gasteiger partial charge in [0.2, 0.25) is 0 Å². The van der Waals surface area contributed by atoms with Crippen LogP contribution in [0.4, 0.5) is 0 Å². The Hall–Kier alpha value is -0.760. The predicted molar refractivity (Wildman–Crippen MR) is 70.1 cm³/mol. The van der Waals surface area contributed by atoms with E-state index in [1.165, 1.54) is 11.1 Å². The van der Waals surface area contributed by atoms with Gasteiger partial charge in [0.15, 0.2) is 0 Å². The fourth-order valence-corrected chi connectivity index (χ4v) is 2.99. The molecule has 0 aliphatic heterocycles. The summed E-state index contributed by atoms with van der Waals surface area (Å²) in [6.07, 6.45) is 3.00. The van der Waals surface area contributed by atoms with Gasteiger partial charge < -0.3 is 0 Å². The van der Waals surface area contributed by atoms with Crippen molar-refractivity contribution in [1.29, 1.82) is 0 Å². The van der Waals surface area contributed by atoms with Crippen molar-refractivity contribution in [3.05, 3.63) is 35.4 Å². The maximum Gasteiger partial charge on any atom is 0.143 e. The van der Waals surface area contributed by atoms with Crippen LogP contribution in [0.1, 0.15) is 36.8 Å². The second-order valence-electron chi connectivity index (χ2n) is 4.40. The average Bonchev–Trinajstić information content (AvgIpc) is 2.26. The van der Waals surface area contributed by atoms with Crippen LogP contribution >= 0.6 is 11.8 Å². The Morgan fingerprint density at radius 1 is 1.44 bits per heavy atom. The minimum absolute atomic E-state index is 0.415. The summed E-state index contributed by atoms with van der Waals surface area (Å²) in [5, 5.41) is 0. The van der Waals surface area contributed by atoms with Gasteiger partial charge in [-0.1, -0.05) is 31.2 Å². The molecule has 1 aliphatic rings. The van der Waals surface area contributed by atoms with Gasteiger partial charge in [-0.05, 0) is 35.6 Å². The van der Waals surface area contributed by atoms with E-state index >= 15 is 0 Å². The predicted octanol–water partition coefficient (Wildman–Crippen LogP) is 3.43. The molecule has 1 aromatic rings. The fraction of sp³-hybridized carbons (Fsp3) is 0.500. The van der Waals surface area contributed by atoms with Gasteiger partial charge >= 0.3 is 0 Å². The number of hydrogen-bond donors (Lipinski definition) is 0. The van der Waals surface area contributed by atoms with Gasteiger partial charge in [-0.3, -0.25) is 4.79 Å². The number of thioether (sulfide) groups is 1. The van der Waals surface area contributed by atoms with Crippen LogP contribution < -0.4 is 0 Å². The lowest BCUT2D eigenvalue weighted by molar-refractivity contribution is -0.117. The molecule has 1 aromatic carbocycles. The molecule has 16 heavy (non-hydrogen) atoms. The van der Waals surface area contributed by atoms with Gasteiger partial charge in [-0.2, -0.15) is 11.8 Å². The molecule has 2 rings (SSSR count). The van der Waals surface area contributed by atoms with Gasteiger partial charge in [0.1, 0.15) is 5.78 Å². The first-order valence-electron chi connectivity index (χ1n) is 5.98. The monoisotopic (exact) mass is 234 g/mol. The lowest BCUT2D eigenvalue weighted by atomic mass is 9.75. The number of rotatable bonds is 6. The fourth-order valence-electron chi connectivity index (χ4n) is 2.21. The smallest absolute Gasteiger partial charge is 0.143 e. The van der Waals surface area contributed by atoms with Gasteiger partial charge in [0.05, 0.1) is 5.75 Å². The van der Waals surface area contributed by atoms with E-state index in [2.05, 4.69) is 31.2 Å².